The van der Waals surface area contributed by atoms with E-state index in [1.165, 1.54) is 10.5 Å². The van der Waals surface area contributed by atoms with Crippen LogP contribution in [-0.2, 0) is 6.42 Å². The maximum atomic E-state index is 10.3. The van der Waals surface area contributed by atoms with Crippen LogP contribution in [0.3, 0.4) is 0 Å². The Hall–Kier alpha value is -2.82. The summed E-state index contributed by atoms with van der Waals surface area (Å²) < 4.78 is 0. The van der Waals surface area contributed by atoms with Gasteiger partial charge in [-0.05, 0) is 74.4 Å². The summed E-state index contributed by atoms with van der Waals surface area (Å²) in [5.74, 6) is 0.731. The molecule has 4 heteroatoms. The highest BCUT2D eigenvalue weighted by atomic mass is 32.2. The molecule has 0 atom stereocenters. The molecule has 0 amide bonds. The van der Waals surface area contributed by atoms with Gasteiger partial charge in [-0.15, -0.1) is 11.8 Å². The largest absolute Gasteiger partial charge is 0.384 e. The van der Waals surface area contributed by atoms with Gasteiger partial charge in [0.05, 0.1) is 5.60 Å². The molecule has 32 heavy (non-hydrogen) atoms. The second-order valence-corrected chi connectivity index (χ2v) is 8.75. The zero-order valence-corrected chi connectivity index (χ0v) is 20.5. The smallest absolute Gasteiger partial charge is 0.103 e. The Kier molecular flexibility index (Phi) is 10.3. The topological polar surface area (TPSA) is 44.6 Å². The fraction of sp³-hybridized carbons (Fsp3) is 0.250. The number of nitrogens with zero attached hydrogens (tertiary/aromatic N) is 1. The van der Waals surface area contributed by atoms with Gasteiger partial charge in [-0.1, -0.05) is 67.6 Å². The van der Waals surface area contributed by atoms with Gasteiger partial charge in [0.1, 0.15) is 5.84 Å². The highest BCUT2D eigenvalue weighted by Gasteiger charge is 2.19. The lowest BCUT2D eigenvalue weighted by Gasteiger charge is -2.22. The molecule has 0 spiro atoms. The van der Waals surface area contributed by atoms with Gasteiger partial charge >= 0.3 is 0 Å². The van der Waals surface area contributed by atoms with E-state index in [2.05, 4.69) is 72.0 Å². The third kappa shape index (κ3) is 8.74. The molecule has 0 fully saturated rings. The van der Waals surface area contributed by atoms with Crippen LogP contribution in [0.4, 0.5) is 0 Å². The zero-order chi connectivity index (χ0) is 23.4. The lowest BCUT2D eigenvalue weighted by molar-refractivity contribution is 0.115. The second-order valence-electron chi connectivity index (χ2n) is 7.87. The lowest BCUT2D eigenvalue weighted by Crippen LogP contribution is -2.34. The van der Waals surface area contributed by atoms with E-state index in [0.29, 0.717) is 5.70 Å². The first-order valence-electron chi connectivity index (χ1n) is 10.8. The molecule has 2 N–H and O–H groups in total. The molecule has 0 saturated heterocycles. The number of benzene rings is 2. The number of aryl methyl sites for hydroxylation is 1. The van der Waals surface area contributed by atoms with Gasteiger partial charge in [0, 0.05) is 16.8 Å². The summed E-state index contributed by atoms with van der Waals surface area (Å²) in [6, 6.07) is 18.9. The fourth-order valence-electron chi connectivity index (χ4n) is 2.94. The average Bonchev–Trinajstić information content (AvgIpc) is 2.84. The van der Waals surface area contributed by atoms with Crippen molar-refractivity contribution in [2.75, 3.05) is 6.26 Å². The summed E-state index contributed by atoms with van der Waals surface area (Å²) in [4.78, 5) is 5.57. The van der Waals surface area contributed by atoms with Crippen LogP contribution in [0, 0.1) is 0 Å². The van der Waals surface area contributed by atoms with Crippen molar-refractivity contribution in [3.05, 3.63) is 108 Å². The molecule has 1 heterocycles. The maximum absolute atomic E-state index is 10.3. The van der Waals surface area contributed by atoms with Crippen molar-refractivity contribution < 1.29 is 5.11 Å². The number of thioether (sulfide) groups is 1. The Morgan fingerprint density at radius 1 is 1.00 bits per heavy atom. The van der Waals surface area contributed by atoms with Crippen LogP contribution in [0.2, 0.25) is 0 Å². The molecule has 3 nitrogen and oxygen atoms in total. The van der Waals surface area contributed by atoms with Gasteiger partial charge in [0.15, 0.2) is 0 Å². The first-order valence-corrected chi connectivity index (χ1v) is 12.0. The number of aliphatic imine (C=N–C) groups is 1. The second kappa shape index (κ2) is 12.9. The summed E-state index contributed by atoms with van der Waals surface area (Å²) in [5.41, 5.74) is 3.37. The number of allylic oxidation sites excluding steroid dienone is 6. The predicted octanol–water partition coefficient (Wildman–Crippen LogP) is 6.79. The Labute approximate surface area is 197 Å². The van der Waals surface area contributed by atoms with Crippen molar-refractivity contribution in [1.29, 1.82) is 0 Å². The molecule has 1 aliphatic heterocycles. The van der Waals surface area contributed by atoms with Crippen LogP contribution < -0.4 is 5.32 Å². The van der Waals surface area contributed by atoms with Crippen molar-refractivity contribution in [3.63, 3.8) is 0 Å². The molecule has 168 valence electrons. The van der Waals surface area contributed by atoms with Crippen LogP contribution in [0.5, 0.6) is 0 Å². The van der Waals surface area contributed by atoms with E-state index in [1.54, 1.807) is 31.8 Å². The molecular weight excluding hydrogens is 412 g/mol. The quantitative estimate of drug-likeness (QED) is 0.508. The van der Waals surface area contributed by atoms with Gasteiger partial charge in [-0.3, -0.25) is 0 Å². The standard InChI is InChI=1S/C20H24N2OS.C8H10/c1-15-21-13-7-10-16(17-9-5-11-18(14-17)24-4)8-6-12-19(22-15)20(2,3)23;1-2-8-6-4-3-5-7-8/h5-14,23H,1-4H3,(H,21,22);3-7H,2H2,1H3/b8-6-,13-7+,16-10+,19-12-;. The minimum Gasteiger partial charge on any atom is -0.384 e. The first kappa shape index (κ1) is 25.4. The van der Waals surface area contributed by atoms with E-state index < -0.39 is 5.60 Å². The molecule has 2 aromatic carbocycles. The summed E-state index contributed by atoms with van der Waals surface area (Å²) in [7, 11) is 0. The number of rotatable bonds is 4. The number of nitrogens with one attached hydrogen (secondary N) is 1. The lowest BCUT2D eigenvalue weighted by atomic mass is 10.0. The molecule has 3 rings (SSSR count). The van der Waals surface area contributed by atoms with Gasteiger partial charge in [0.2, 0.25) is 0 Å². The molecular formula is C28H34N2OS. The summed E-state index contributed by atoms with van der Waals surface area (Å²) in [6.07, 6.45) is 14.8. The van der Waals surface area contributed by atoms with Crippen LogP contribution in [0.1, 0.15) is 38.8 Å². The van der Waals surface area contributed by atoms with Crippen molar-refractivity contribution in [2.45, 2.75) is 44.6 Å². The van der Waals surface area contributed by atoms with Crippen molar-refractivity contribution in [1.82, 2.24) is 5.32 Å². The minimum absolute atomic E-state index is 0.701. The van der Waals surface area contributed by atoms with Gasteiger partial charge in [0.25, 0.3) is 0 Å². The third-order valence-corrected chi connectivity index (χ3v) is 5.52. The molecule has 1 aliphatic rings. The summed E-state index contributed by atoms with van der Waals surface area (Å²) in [5, 5.41) is 13.5. The number of hydrogen-bond acceptors (Lipinski definition) is 4. The van der Waals surface area contributed by atoms with Crippen molar-refractivity contribution in [2.24, 2.45) is 4.99 Å². The van der Waals surface area contributed by atoms with Crippen LogP contribution in [-0.4, -0.2) is 22.8 Å². The molecule has 0 saturated carbocycles. The molecule has 0 aromatic heterocycles. The van der Waals surface area contributed by atoms with Crippen molar-refractivity contribution >= 4 is 23.2 Å². The monoisotopic (exact) mass is 446 g/mol. The normalized spacial score (nSPS) is 19.4. The van der Waals surface area contributed by atoms with E-state index >= 15 is 0 Å². The Morgan fingerprint density at radius 2 is 1.75 bits per heavy atom. The Balaban J connectivity index is 0.000000380. The zero-order valence-electron chi connectivity index (χ0n) is 19.7. The van der Waals surface area contributed by atoms with E-state index in [-0.39, 0.29) is 0 Å². The Morgan fingerprint density at radius 3 is 2.38 bits per heavy atom. The summed E-state index contributed by atoms with van der Waals surface area (Å²) >= 11 is 1.72. The SMILES string of the molecule is CCc1ccccc1.CSc1cccc(C2=C/C=C/N=C(C)N\C(C(C)(C)O)=C/C=C\2)c1. The van der Waals surface area contributed by atoms with Crippen LogP contribution in [0.25, 0.3) is 5.57 Å². The number of hydrogen-bond donors (Lipinski definition) is 2. The number of amidine groups is 1. The fourth-order valence-corrected chi connectivity index (χ4v) is 3.40. The molecule has 2 aromatic rings. The van der Waals surface area contributed by atoms with Gasteiger partial charge < -0.3 is 10.4 Å². The first-order chi connectivity index (χ1) is 15.3. The summed E-state index contributed by atoms with van der Waals surface area (Å²) in [6.45, 7) is 7.54. The molecule has 0 bridgehead atoms. The van der Waals surface area contributed by atoms with E-state index in [9.17, 15) is 5.11 Å². The van der Waals surface area contributed by atoms with Gasteiger partial charge in [-0.25, -0.2) is 4.99 Å². The highest BCUT2D eigenvalue weighted by molar-refractivity contribution is 7.98. The van der Waals surface area contributed by atoms with Gasteiger partial charge in [-0.2, -0.15) is 0 Å². The van der Waals surface area contributed by atoms with E-state index in [0.717, 1.165) is 23.4 Å². The predicted molar refractivity (Wildman–Crippen MR) is 141 cm³/mol. The maximum Gasteiger partial charge on any atom is 0.103 e. The molecule has 0 unspecified atom stereocenters. The van der Waals surface area contributed by atoms with E-state index in [1.807, 2.05) is 43.4 Å². The minimum atomic E-state index is -0.971. The average molecular weight is 447 g/mol. The third-order valence-electron chi connectivity index (χ3n) is 4.80. The molecule has 0 radical (unpaired) electrons. The van der Waals surface area contributed by atoms with Crippen LogP contribution in [0.15, 0.2) is 107 Å². The van der Waals surface area contributed by atoms with Crippen molar-refractivity contribution in [3.8, 4) is 0 Å². The Bertz CT molecular complexity index is 1010. The molecule has 0 aliphatic carbocycles. The number of aliphatic hydroxyl groups is 1. The van der Waals surface area contributed by atoms with Crippen LogP contribution >= 0.6 is 11.8 Å². The highest BCUT2D eigenvalue weighted by Crippen LogP contribution is 2.23. The van der Waals surface area contributed by atoms with E-state index in [4.69, 9.17) is 0 Å².